The van der Waals surface area contributed by atoms with Gasteiger partial charge in [0.25, 0.3) is 0 Å². The molecule has 1 unspecified atom stereocenters. The van der Waals surface area contributed by atoms with Crippen molar-refractivity contribution in [2.75, 3.05) is 41.7 Å². The first kappa shape index (κ1) is 22.4. The zero-order valence-corrected chi connectivity index (χ0v) is 18.3. The van der Waals surface area contributed by atoms with Crippen LogP contribution in [0.15, 0.2) is 48.5 Å². The fourth-order valence-corrected chi connectivity index (χ4v) is 3.42. The fraction of sp³-hybridized carbons (Fsp3) is 0.318. The second-order valence-corrected chi connectivity index (χ2v) is 7.81. The quantitative estimate of drug-likeness (QED) is 0.661. The summed E-state index contributed by atoms with van der Waals surface area (Å²) in [6.45, 7) is 5.56. The average molecular weight is 444 g/mol. The highest BCUT2D eigenvalue weighted by Crippen LogP contribution is 2.19. The number of benzene rings is 2. The van der Waals surface area contributed by atoms with E-state index in [1.54, 1.807) is 36.1 Å². The minimum absolute atomic E-state index is 0.194. The van der Waals surface area contributed by atoms with Gasteiger partial charge in [-0.15, -0.1) is 0 Å². The Balaban J connectivity index is 1.48. The summed E-state index contributed by atoms with van der Waals surface area (Å²) in [6, 6.07) is 13.5. The van der Waals surface area contributed by atoms with Crippen LogP contribution in [0.25, 0.3) is 0 Å². The van der Waals surface area contributed by atoms with Gasteiger partial charge in [0.2, 0.25) is 11.8 Å². The van der Waals surface area contributed by atoms with E-state index in [1.165, 1.54) is 6.92 Å². The number of halogens is 1. The van der Waals surface area contributed by atoms with Crippen molar-refractivity contribution in [1.29, 1.82) is 0 Å². The van der Waals surface area contributed by atoms with Crippen molar-refractivity contribution < 1.29 is 14.4 Å². The predicted octanol–water partition coefficient (Wildman–Crippen LogP) is 3.16. The molecule has 0 saturated carbocycles. The molecule has 8 nitrogen and oxygen atoms in total. The topological polar surface area (TPSA) is 93.8 Å². The molecule has 1 saturated heterocycles. The normalized spacial score (nSPS) is 14.5. The van der Waals surface area contributed by atoms with Crippen molar-refractivity contribution in [2.24, 2.45) is 0 Å². The molecule has 0 aromatic heterocycles. The van der Waals surface area contributed by atoms with E-state index in [4.69, 9.17) is 11.6 Å². The van der Waals surface area contributed by atoms with E-state index in [9.17, 15) is 14.4 Å². The summed E-state index contributed by atoms with van der Waals surface area (Å²) in [7, 11) is 0. The Morgan fingerprint density at radius 1 is 0.935 bits per heavy atom. The maximum Gasteiger partial charge on any atom is 0.318 e. The molecule has 1 atom stereocenters. The molecule has 0 radical (unpaired) electrons. The van der Waals surface area contributed by atoms with Gasteiger partial charge in [0, 0.05) is 55.2 Å². The Labute approximate surface area is 186 Å². The monoisotopic (exact) mass is 443 g/mol. The van der Waals surface area contributed by atoms with Gasteiger partial charge in [-0.25, -0.2) is 4.79 Å². The molecule has 1 fully saturated rings. The minimum Gasteiger partial charge on any atom is -0.368 e. The molecule has 0 bridgehead atoms. The SMILES string of the molecule is CC(=O)Nc1cccc(NC(=O)C(C)NC(=O)N2CCN(c3ccc(Cl)cc3)CC2)c1. The minimum atomic E-state index is -0.716. The lowest BCUT2D eigenvalue weighted by Gasteiger charge is -2.36. The lowest BCUT2D eigenvalue weighted by atomic mass is 10.2. The number of hydrogen-bond acceptors (Lipinski definition) is 4. The van der Waals surface area contributed by atoms with Gasteiger partial charge in [0.05, 0.1) is 0 Å². The van der Waals surface area contributed by atoms with Crippen LogP contribution < -0.4 is 20.9 Å². The zero-order valence-electron chi connectivity index (χ0n) is 17.5. The standard InChI is InChI=1S/C22H26ClN5O3/c1-15(21(30)26-19-5-3-4-18(14-19)25-16(2)29)24-22(31)28-12-10-27(11-13-28)20-8-6-17(23)7-9-20/h3-9,14-15H,10-13H2,1-2H3,(H,24,31)(H,25,29)(H,26,30). The Kier molecular flexibility index (Phi) is 7.36. The first-order valence-electron chi connectivity index (χ1n) is 10.1. The summed E-state index contributed by atoms with van der Waals surface area (Å²) in [5, 5.41) is 8.86. The highest BCUT2D eigenvalue weighted by molar-refractivity contribution is 6.30. The molecule has 1 heterocycles. The molecular formula is C22H26ClN5O3. The fourth-order valence-electron chi connectivity index (χ4n) is 3.29. The molecule has 3 rings (SSSR count). The van der Waals surface area contributed by atoms with Crippen LogP contribution in [0.3, 0.4) is 0 Å². The molecule has 3 N–H and O–H groups in total. The van der Waals surface area contributed by atoms with Crippen LogP contribution in [0.5, 0.6) is 0 Å². The summed E-state index contributed by atoms with van der Waals surface area (Å²) in [6.07, 6.45) is 0. The van der Waals surface area contributed by atoms with Crippen LogP contribution in [0.4, 0.5) is 21.9 Å². The third-order valence-corrected chi connectivity index (χ3v) is 5.19. The van der Waals surface area contributed by atoms with Crippen molar-refractivity contribution in [3.05, 3.63) is 53.6 Å². The number of rotatable bonds is 5. The molecule has 31 heavy (non-hydrogen) atoms. The van der Waals surface area contributed by atoms with Gasteiger partial charge < -0.3 is 25.8 Å². The van der Waals surface area contributed by atoms with Gasteiger partial charge in [0.15, 0.2) is 0 Å². The molecular weight excluding hydrogens is 418 g/mol. The second kappa shape index (κ2) is 10.2. The van der Waals surface area contributed by atoms with Gasteiger partial charge in [0.1, 0.15) is 6.04 Å². The summed E-state index contributed by atoms with van der Waals surface area (Å²) >= 11 is 5.94. The number of hydrogen-bond donors (Lipinski definition) is 3. The molecule has 0 spiro atoms. The number of carbonyl (C=O) groups is 3. The lowest BCUT2D eigenvalue weighted by molar-refractivity contribution is -0.117. The van der Waals surface area contributed by atoms with E-state index in [1.807, 2.05) is 24.3 Å². The van der Waals surface area contributed by atoms with Gasteiger partial charge >= 0.3 is 6.03 Å². The van der Waals surface area contributed by atoms with E-state index in [0.717, 1.165) is 5.69 Å². The van der Waals surface area contributed by atoms with E-state index in [-0.39, 0.29) is 17.8 Å². The van der Waals surface area contributed by atoms with Gasteiger partial charge in [-0.05, 0) is 49.4 Å². The Hall–Kier alpha value is -3.26. The number of urea groups is 1. The number of amides is 4. The first-order valence-corrected chi connectivity index (χ1v) is 10.4. The number of anilines is 3. The van der Waals surface area contributed by atoms with Crippen LogP contribution in [-0.4, -0.2) is 55.0 Å². The Morgan fingerprint density at radius 2 is 1.55 bits per heavy atom. The van der Waals surface area contributed by atoms with E-state index < -0.39 is 6.04 Å². The van der Waals surface area contributed by atoms with Crippen LogP contribution in [0.1, 0.15) is 13.8 Å². The van der Waals surface area contributed by atoms with Gasteiger partial charge in [-0.2, -0.15) is 0 Å². The zero-order chi connectivity index (χ0) is 22.4. The number of nitrogens with one attached hydrogen (secondary N) is 3. The summed E-state index contributed by atoms with van der Waals surface area (Å²) in [5.41, 5.74) is 2.19. The largest absolute Gasteiger partial charge is 0.368 e. The first-order chi connectivity index (χ1) is 14.8. The lowest BCUT2D eigenvalue weighted by Crippen LogP contribution is -2.54. The smallest absolute Gasteiger partial charge is 0.318 e. The van der Waals surface area contributed by atoms with Crippen molar-refractivity contribution >= 4 is 46.5 Å². The molecule has 4 amide bonds. The van der Waals surface area contributed by atoms with Crippen molar-refractivity contribution in [3.63, 3.8) is 0 Å². The number of nitrogens with zero attached hydrogens (tertiary/aromatic N) is 2. The maximum absolute atomic E-state index is 12.6. The highest BCUT2D eigenvalue weighted by Gasteiger charge is 2.24. The molecule has 2 aromatic carbocycles. The molecule has 0 aliphatic carbocycles. The van der Waals surface area contributed by atoms with Crippen LogP contribution >= 0.6 is 11.6 Å². The maximum atomic E-state index is 12.6. The Morgan fingerprint density at radius 3 is 2.16 bits per heavy atom. The molecule has 164 valence electrons. The van der Waals surface area contributed by atoms with Gasteiger partial charge in [-0.1, -0.05) is 17.7 Å². The van der Waals surface area contributed by atoms with Crippen LogP contribution in [0, 0.1) is 0 Å². The van der Waals surface area contributed by atoms with Crippen molar-refractivity contribution in [1.82, 2.24) is 10.2 Å². The summed E-state index contributed by atoms with van der Waals surface area (Å²) < 4.78 is 0. The Bertz CT molecular complexity index is 942. The summed E-state index contributed by atoms with van der Waals surface area (Å²) in [5.74, 6) is -0.534. The van der Waals surface area contributed by atoms with Crippen molar-refractivity contribution in [2.45, 2.75) is 19.9 Å². The molecule has 9 heteroatoms. The van der Waals surface area contributed by atoms with Gasteiger partial charge in [-0.3, -0.25) is 9.59 Å². The second-order valence-electron chi connectivity index (χ2n) is 7.37. The number of piperazine rings is 1. The van der Waals surface area contributed by atoms with E-state index >= 15 is 0 Å². The summed E-state index contributed by atoms with van der Waals surface area (Å²) in [4.78, 5) is 40.1. The predicted molar refractivity (Wildman–Crippen MR) is 123 cm³/mol. The number of carbonyl (C=O) groups excluding carboxylic acids is 3. The average Bonchev–Trinajstić information content (AvgIpc) is 2.74. The highest BCUT2D eigenvalue weighted by atomic mass is 35.5. The third-order valence-electron chi connectivity index (χ3n) is 4.94. The third kappa shape index (κ3) is 6.36. The van der Waals surface area contributed by atoms with Crippen molar-refractivity contribution in [3.8, 4) is 0 Å². The molecule has 2 aromatic rings. The van der Waals surface area contributed by atoms with E-state index in [0.29, 0.717) is 42.6 Å². The molecule has 1 aliphatic heterocycles. The van der Waals surface area contributed by atoms with E-state index in [2.05, 4.69) is 20.9 Å². The van der Waals surface area contributed by atoms with Crippen LogP contribution in [-0.2, 0) is 9.59 Å². The van der Waals surface area contributed by atoms with Crippen LogP contribution in [0.2, 0.25) is 5.02 Å². The molecule has 1 aliphatic rings.